The Labute approximate surface area is 219 Å². The molecule has 4 rings (SSSR count). The molecule has 0 fully saturated rings. The topological polar surface area (TPSA) is 36.9 Å². The Balaban J connectivity index is 1.33. The van der Waals surface area contributed by atoms with E-state index in [1.165, 1.54) is 31.2 Å². The van der Waals surface area contributed by atoms with Gasteiger partial charge in [0.05, 0.1) is 78.3 Å². The van der Waals surface area contributed by atoms with Crippen molar-refractivity contribution in [2.24, 2.45) is 0 Å². The first-order valence-electron chi connectivity index (χ1n) is 10.1. The highest BCUT2D eigenvalue weighted by atomic mass is 32.3. The van der Waals surface area contributed by atoms with Crippen molar-refractivity contribution in [2.75, 3.05) is 70.1 Å². The Morgan fingerprint density at radius 3 is 1.45 bits per heavy atom. The average molecular weight is 575 g/mol. The molecule has 0 aliphatic carbocycles. The molecule has 0 aromatic rings. The highest BCUT2D eigenvalue weighted by Crippen LogP contribution is 2.67. The molecule has 0 aromatic carbocycles. The van der Waals surface area contributed by atoms with Crippen LogP contribution in [0.2, 0.25) is 0 Å². The van der Waals surface area contributed by atoms with E-state index in [4.69, 9.17) is 18.9 Å². The highest BCUT2D eigenvalue weighted by molar-refractivity contribution is 8.45. The van der Waals surface area contributed by atoms with Crippen LogP contribution in [0.4, 0.5) is 0 Å². The summed E-state index contributed by atoms with van der Waals surface area (Å²) in [5, 5.41) is 0.709. The van der Waals surface area contributed by atoms with Crippen molar-refractivity contribution in [3.8, 4) is 0 Å². The van der Waals surface area contributed by atoms with Gasteiger partial charge in [-0.25, -0.2) is 0 Å². The molecular weight excluding hydrogens is 549 g/mol. The van der Waals surface area contributed by atoms with Gasteiger partial charge in [0.15, 0.2) is 0 Å². The van der Waals surface area contributed by atoms with Crippen molar-refractivity contribution in [3.63, 3.8) is 0 Å². The Hall–Kier alpha value is 1.86. The van der Waals surface area contributed by atoms with Crippen LogP contribution in [0, 0.1) is 0 Å². The zero-order chi connectivity index (χ0) is 21.3. The first-order chi connectivity index (χ1) is 15.3. The summed E-state index contributed by atoms with van der Waals surface area (Å²) in [5.41, 5.74) is 0. The van der Waals surface area contributed by atoms with Crippen LogP contribution in [-0.4, -0.2) is 75.4 Å². The molecule has 12 heteroatoms. The molecule has 31 heavy (non-hydrogen) atoms. The third-order valence-electron chi connectivity index (χ3n) is 4.04. The van der Waals surface area contributed by atoms with Crippen molar-refractivity contribution >= 4 is 94.1 Å². The van der Waals surface area contributed by atoms with Crippen LogP contribution in [0.25, 0.3) is 0 Å². The van der Waals surface area contributed by atoms with Crippen molar-refractivity contribution in [1.29, 1.82) is 0 Å². The lowest BCUT2D eigenvalue weighted by Crippen LogP contribution is -2.13. The Morgan fingerprint density at radius 1 is 0.516 bits per heavy atom. The molecule has 0 N–H and O–H groups in total. The van der Waals surface area contributed by atoms with Crippen LogP contribution in [0.3, 0.4) is 0 Å². The summed E-state index contributed by atoms with van der Waals surface area (Å²) < 4.78 is 31.3. The SMILES string of the molecule is CC1CSC2=C(SC(=C3SC4=C(SCCOCCOCCOCCOCCS4)S3)S2)S1. The summed E-state index contributed by atoms with van der Waals surface area (Å²) in [6.45, 7) is 7.56. The molecule has 4 aliphatic rings. The molecule has 0 radical (unpaired) electrons. The van der Waals surface area contributed by atoms with E-state index in [2.05, 4.69) is 6.92 Å². The van der Waals surface area contributed by atoms with Gasteiger partial charge in [-0.15, -0.1) is 47.0 Å². The van der Waals surface area contributed by atoms with Gasteiger partial charge in [0.2, 0.25) is 0 Å². The fraction of sp³-hybridized carbons (Fsp3) is 0.684. The minimum Gasteiger partial charge on any atom is -0.378 e. The van der Waals surface area contributed by atoms with E-state index in [-0.39, 0.29) is 0 Å². The molecule has 0 bridgehead atoms. The Morgan fingerprint density at radius 2 is 0.935 bits per heavy atom. The highest BCUT2D eigenvalue weighted by Gasteiger charge is 2.33. The number of ether oxygens (including phenoxy) is 4. The number of thioether (sulfide) groups is 8. The largest absolute Gasteiger partial charge is 0.378 e. The first kappa shape index (κ1) is 25.9. The molecule has 1 atom stereocenters. The maximum absolute atomic E-state index is 5.74. The van der Waals surface area contributed by atoms with Gasteiger partial charge in [-0.3, -0.25) is 0 Å². The summed E-state index contributed by atoms with van der Waals surface area (Å²) in [6.07, 6.45) is 0. The normalized spacial score (nSPS) is 28.4. The fourth-order valence-corrected chi connectivity index (χ4v) is 14.8. The molecule has 1 unspecified atom stereocenters. The Kier molecular flexibility index (Phi) is 12.1. The van der Waals surface area contributed by atoms with Gasteiger partial charge in [-0.1, -0.05) is 54.0 Å². The van der Waals surface area contributed by atoms with E-state index in [1.807, 2.05) is 94.1 Å². The third-order valence-corrected chi connectivity index (χ3v) is 16.1. The van der Waals surface area contributed by atoms with E-state index >= 15 is 0 Å². The van der Waals surface area contributed by atoms with Gasteiger partial charge < -0.3 is 18.9 Å². The number of hydrogen-bond donors (Lipinski definition) is 0. The maximum Gasteiger partial charge on any atom is 0.0717 e. The molecule has 0 saturated carbocycles. The molecule has 4 aliphatic heterocycles. The van der Waals surface area contributed by atoms with Crippen LogP contribution in [-0.2, 0) is 18.9 Å². The van der Waals surface area contributed by atoms with E-state index in [9.17, 15) is 0 Å². The lowest BCUT2D eigenvalue weighted by atomic mass is 10.6. The summed E-state index contributed by atoms with van der Waals surface area (Å²) in [6, 6.07) is 0. The second kappa shape index (κ2) is 14.4. The van der Waals surface area contributed by atoms with Crippen LogP contribution in [0.1, 0.15) is 6.92 Å². The van der Waals surface area contributed by atoms with Crippen LogP contribution in [0.5, 0.6) is 0 Å². The van der Waals surface area contributed by atoms with E-state index in [0.29, 0.717) is 44.9 Å². The zero-order valence-corrected chi connectivity index (χ0v) is 23.8. The monoisotopic (exact) mass is 574 g/mol. The van der Waals surface area contributed by atoms with Crippen LogP contribution >= 0.6 is 94.1 Å². The number of hydrogen-bond acceptors (Lipinski definition) is 12. The molecule has 4 heterocycles. The summed E-state index contributed by atoms with van der Waals surface area (Å²) in [4.78, 5) is 0. The van der Waals surface area contributed by atoms with Gasteiger partial charge in [-0.05, 0) is 0 Å². The van der Waals surface area contributed by atoms with Crippen molar-refractivity contribution in [1.82, 2.24) is 0 Å². The summed E-state index contributed by atoms with van der Waals surface area (Å²) >= 11 is 15.8. The smallest absolute Gasteiger partial charge is 0.0717 e. The number of rotatable bonds is 0. The van der Waals surface area contributed by atoms with Gasteiger partial charge in [-0.2, -0.15) is 0 Å². The summed E-state index contributed by atoms with van der Waals surface area (Å²) in [5.74, 6) is 3.15. The van der Waals surface area contributed by atoms with Gasteiger partial charge >= 0.3 is 0 Å². The molecular formula is C19H26O4S8. The molecule has 174 valence electrons. The predicted octanol–water partition coefficient (Wildman–Crippen LogP) is 6.74. The van der Waals surface area contributed by atoms with Crippen LogP contribution < -0.4 is 0 Å². The minimum atomic E-state index is 0.611. The second-order valence-corrected chi connectivity index (χ2v) is 16.8. The van der Waals surface area contributed by atoms with Gasteiger partial charge in [0.1, 0.15) is 0 Å². The quantitative estimate of drug-likeness (QED) is 0.307. The minimum absolute atomic E-state index is 0.611. The standard InChI is InChI=1S/C19H26O4S8/c1-13-12-26-16-17(27-13)31-19(30-16)18-28-14-15(29-18)25-11-9-23-7-5-21-3-2-20-4-6-22-8-10-24-14/h13H,2-12H2,1H3. The van der Waals surface area contributed by atoms with Gasteiger partial charge in [0.25, 0.3) is 0 Å². The average Bonchev–Trinajstić information content (AvgIpc) is 3.36. The molecule has 0 aromatic heterocycles. The van der Waals surface area contributed by atoms with E-state index in [1.54, 1.807) is 0 Å². The lowest BCUT2D eigenvalue weighted by molar-refractivity contribution is 0.00147. The Bertz CT molecular complexity index is 679. The maximum atomic E-state index is 5.74. The predicted molar refractivity (Wildman–Crippen MR) is 149 cm³/mol. The zero-order valence-electron chi connectivity index (χ0n) is 17.3. The first-order valence-corrected chi connectivity index (χ1v) is 17.2. The fourth-order valence-electron chi connectivity index (χ4n) is 2.61. The lowest BCUT2D eigenvalue weighted by Gasteiger charge is -2.16. The van der Waals surface area contributed by atoms with Crippen LogP contribution in [0.15, 0.2) is 25.4 Å². The third kappa shape index (κ3) is 8.49. The molecule has 4 nitrogen and oxygen atoms in total. The summed E-state index contributed by atoms with van der Waals surface area (Å²) in [7, 11) is 0. The van der Waals surface area contributed by atoms with E-state index in [0.717, 1.165) is 24.7 Å². The molecule has 0 spiro atoms. The van der Waals surface area contributed by atoms with Gasteiger partial charge in [0, 0.05) is 22.5 Å². The van der Waals surface area contributed by atoms with E-state index < -0.39 is 0 Å². The molecule has 0 saturated heterocycles. The van der Waals surface area contributed by atoms with Crippen molar-refractivity contribution < 1.29 is 18.9 Å². The molecule has 0 amide bonds. The van der Waals surface area contributed by atoms with Crippen molar-refractivity contribution in [2.45, 2.75) is 12.2 Å². The second-order valence-electron chi connectivity index (χ2n) is 6.52. The van der Waals surface area contributed by atoms with Crippen molar-refractivity contribution in [3.05, 3.63) is 25.4 Å².